The van der Waals surface area contributed by atoms with Gasteiger partial charge in [0, 0.05) is 6.42 Å². The maximum absolute atomic E-state index is 12.8. The van der Waals surface area contributed by atoms with Crippen LogP contribution in [-0.4, -0.2) is 50.2 Å². The van der Waals surface area contributed by atoms with Gasteiger partial charge in [0.05, 0.1) is 19.1 Å². The molecule has 0 aromatic carbocycles. The van der Waals surface area contributed by atoms with E-state index in [0.717, 1.165) is 57.5 Å². The molecule has 1 fully saturated rings. The summed E-state index contributed by atoms with van der Waals surface area (Å²) in [6.45, 7) is 9.88. The van der Waals surface area contributed by atoms with Gasteiger partial charge >= 0.3 is 11.9 Å². The molecule has 296 valence electrons. The Morgan fingerprint density at radius 3 is 1.40 bits per heavy atom. The highest BCUT2D eigenvalue weighted by molar-refractivity contribution is 5.72. The quantitative estimate of drug-likeness (QED) is 0.0480. The summed E-state index contributed by atoms with van der Waals surface area (Å²) < 4.78 is 11.6. The first-order valence-electron chi connectivity index (χ1n) is 22.5. The van der Waals surface area contributed by atoms with Crippen molar-refractivity contribution in [3.63, 3.8) is 0 Å². The van der Waals surface area contributed by atoms with E-state index in [1.54, 1.807) is 0 Å². The maximum atomic E-state index is 12.8. The van der Waals surface area contributed by atoms with Crippen molar-refractivity contribution >= 4 is 11.9 Å². The first-order chi connectivity index (χ1) is 24.5. The molecule has 0 spiro atoms. The van der Waals surface area contributed by atoms with Gasteiger partial charge in [0.2, 0.25) is 0 Å². The highest BCUT2D eigenvalue weighted by Crippen LogP contribution is 2.25. The zero-order valence-corrected chi connectivity index (χ0v) is 34.3. The molecule has 0 aromatic heterocycles. The molecule has 0 aromatic rings. The SMILES string of the molecule is CCCCCCCCCCC(CCCC(=O)OCCCC(CCCCCCCCC)CCCCCCCCC)COC(=O)C1CCN(C)CC1. The molecule has 1 saturated heterocycles. The summed E-state index contributed by atoms with van der Waals surface area (Å²) in [7, 11) is 2.12. The summed E-state index contributed by atoms with van der Waals surface area (Å²) in [6.07, 6.45) is 39.7. The van der Waals surface area contributed by atoms with Crippen LogP contribution in [0, 0.1) is 17.8 Å². The first kappa shape index (κ1) is 46.9. The third-order valence-corrected chi connectivity index (χ3v) is 11.4. The minimum absolute atomic E-state index is 0.00399. The molecule has 0 N–H and O–H groups in total. The van der Waals surface area contributed by atoms with E-state index >= 15 is 0 Å². The Hall–Kier alpha value is -1.10. The van der Waals surface area contributed by atoms with Crippen molar-refractivity contribution in [2.45, 2.75) is 226 Å². The highest BCUT2D eigenvalue weighted by atomic mass is 16.5. The number of likely N-dealkylation sites (tertiary alicyclic amines) is 1. The van der Waals surface area contributed by atoms with Crippen LogP contribution in [0.15, 0.2) is 0 Å². The lowest BCUT2D eigenvalue weighted by molar-refractivity contribution is -0.152. The van der Waals surface area contributed by atoms with Crippen LogP contribution in [0.5, 0.6) is 0 Å². The van der Waals surface area contributed by atoms with E-state index in [0.29, 0.717) is 25.6 Å². The summed E-state index contributed by atoms with van der Waals surface area (Å²) in [6, 6.07) is 0. The van der Waals surface area contributed by atoms with Crippen LogP contribution in [0.3, 0.4) is 0 Å². The smallest absolute Gasteiger partial charge is 0.309 e. The largest absolute Gasteiger partial charge is 0.466 e. The van der Waals surface area contributed by atoms with E-state index in [1.165, 1.54) is 161 Å². The van der Waals surface area contributed by atoms with E-state index in [2.05, 4.69) is 32.7 Å². The number of unbranched alkanes of at least 4 members (excludes halogenated alkanes) is 19. The van der Waals surface area contributed by atoms with Gasteiger partial charge in [-0.2, -0.15) is 0 Å². The van der Waals surface area contributed by atoms with Crippen LogP contribution < -0.4 is 0 Å². The minimum atomic E-state index is -0.0464. The van der Waals surface area contributed by atoms with E-state index < -0.39 is 0 Å². The third kappa shape index (κ3) is 28.5. The van der Waals surface area contributed by atoms with Crippen molar-refractivity contribution in [2.24, 2.45) is 17.8 Å². The summed E-state index contributed by atoms with van der Waals surface area (Å²) in [4.78, 5) is 27.8. The van der Waals surface area contributed by atoms with Crippen LogP contribution in [0.1, 0.15) is 226 Å². The lowest BCUT2D eigenvalue weighted by atomic mass is 9.90. The Morgan fingerprint density at radius 2 is 0.920 bits per heavy atom. The van der Waals surface area contributed by atoms with Gasteiger partial charge in [0.15, 0.2) is 0 Å². The van der Waals surface area contributed by atoms with Crippen molar-refractivity contribution < 1.29 is 19.1 Å². The van der Waals surface area contributed by atoms with Gasteiger partial charge in [0.1, 0.15) is 0 Å². The van der Waals surface area contributed by atoms with E-state index in [1.807, 2.05) is 0 Å². The maximum Gasteiger partial charge on any atom is 0.309 e. The molecule has 0 saturated carbocycles. The zero-order chi connectivity index (χ0) is 36.3. The number of carbonyl (C=O) groups excluding carboxylic acids is 2. The van der Waals surface area contributed by atoms with Gasteiger partial charge in [0.25, 0.3) is 0 Å². The fraction of sp³-hybridized carbons (Fsp3) is 0.956. The van der Waals surface area contributed by atoms with Crippen molar-refractivity contribution in [2.75, 3.05) is 33.4 Å². The second-order valence-electron chi connectivity index (χ2n) is 16.3. The van der Waals surface area contributed by atoms with Gasteiger partial charge in [-0.15, -0.1) is 0 Å². The average molecular weight is 706 g/mol. The molecular formula is C45H87NO4. The predicted molar refractivity (Wildman–Crippen MR) is 215 cm³/mol. The van der Waals surface area contributed by atoms with Crippen LogP contribution in [-0.2, 0) is 19.1 Å². The Morgan fingerprint density at radius 1 is 0.520 bits per heavy atom. The molecule has 1 aliphatic heterocycles. The number of rotatable bonds is 36. The van der Waals surface area contributed by atoms with Crippen LogP contribution in [0.4, 0.5) is 0 Å². The molecule has 0 amide bonds. The van der Waals surface area contributed by atoms with Crippen LogP contribution in [0.25, 0.3) is 0 Å². The van der Waals surface area contributed by atoms with Crippen LogP contribution in [0.2, 0.25) is 0 Å². The standard InChI is InChI=1S/C45H87NO4/c1-5-8-11-14-17-20-23-26-31-42(40-50-45(48)43-35-37-46(4)38-36-43)32-27-34-44(47)49-39-28-33-41(29-24-21-18-15-12-9-6-2)30-25-22-19-16-13-10-7-3/h41-43H,5-40H2,1-4H3. The minimum Gasteiger partial charge on any atom is -0.466 e. The number of hydrogen-bond acceptors (Lipinski definition) is 5. The van der Waals surface area contributed by atoms with Gasteiger partial charge < -0.3 is 14.4 Å². The third-order valence-electron chi connectivity index (χ3n) is 11.4. The lowest BCUT2D eigenvalue weighted by Crippen LogP contribution is -2.34. The number of nitrogens with zero attached hydrogens (tertiary/aromatic N) is 1. The fourth-order valence-corrected chi connectivity index (χ4v) is 7.82. The van der Waals surface area contributed by atoms with Crippen molar-refractivity contribution in [3.05, 3.63) is 0 Å². The summed E-state index contributed by atoms with van der Waals surface area (Å²) in [5, 5.41) is 0. The van der Waals surface area contributed by atoms with Gasteiger partial charge in [-0.1, -0.05) is 175 Å². The summed E-state index contributed by atoms with van der Waals surface area (Å²) in [5.74, 6) is 1.13. The highest BCUT2D eigenvalue weighted by Gasteiger charge is 2.25. The average Bonchev–Trinajstić information content (AvgIpc) is 3.12. The fourth-order valence-electron chi connectivity index (χ4n) is 7.82. The van der Waals surface area contributed by atoms with Crippen LogP contribution >= 0.6 is 0 Å². The lowest BCUT2D eigenvalue weighted by Gasteiger charge is -2.28. The van der Waals surface area contributed by atoms with E-state index in [-0.39, 0.29) is 17.9 Å². The molecule has 50 heavy (non-hydrogen) atoms. The number of esters is 2. The Kier molecular flexibility index (Phi) is 32.8. The van der Waals surface area contributed by atoms with E-state index in [9.17, 15) is 9.59 Å². The Balaban J connectivity index is 2.39. The number of carbonyl (C=O) groups is 2. The molecule has 0 bridgehead atoms. The number of hydrogen-bond donors (Lipinski definition) is 0. The molecule has 5 heteroatoms. The van der Waals surface area contributed by atoms with Crippen molar-refractivity contribution in [1.82, 2.24) is 4.90 Å². The van der Waals surface area contributed by atoms with Crippen molar-refractivity contribution in [3.8, 4) is 0 Å². The zero-order valence-electron chi connectivity index (χ0n) is 34.3. The molecule has 0 aliphatic carbocycles. The molecule has 1 rings (SSSR count). The monoisotopic (exact) mass is 706 g/mol. The second-order valence-corrected chi connectivity index (χ2v) is 16.3. The van der Waals surface area contributed by atoms with Crippen molar-refractivity contribution in [1.29, 1.82) is 0 Å². The first-order valence-corrected chi connectivity index (χ1v) is 22.5. The second kappa shape index (κ2) is 35.0. The predicted octanol–water partition coefficient (Wildman–Crippen LogP) is 13.4. The molecule has 5 nitrogen and oxygen atoms in total. The molecule has 1 atom stereocenters. The topological polar surface area (TPSA) is 55.8 Å². The summed E-state index contributed by atoms with van der Waals surface area (Å²) >= 11 is 0. The normalized spacial score (nSPS) is 14.7. The van der Waals surface area contributed by atoms with Gasteiger partial charge in [-0.3, -0.25) is 9.59 Å². The Bertz CT molecular complexity index is 731. The number of ether oxygens (including phenoxy) is 2. The molecule has 1 aliphatic rings. The van der Waals surface area contributed by atoms with E-state index in [4.69, 9.17) is 9.47 Å². The van der Waals surface area contributed by atoms with Gasteiger partial charge in [-0.25, -0.2) is 0 Å². The van der Waals surface area contributed by atoms with Gasteiger partial charge in [-0.05, 0) is 76.9 Å². The summed E-state index contributed by atoms with van der Waals surface area (Å²) in [5.41, 5.74) is 0. The number of piperidine rings is 1. The molecular weight excluding hydrogens is 618 g/mol. The molecule has 1 unspecified atom stereocenters. The molecule has 1 heterocycles. The Labute approximate surface area is 312 Å². The molecule has 0 radical (unpaired) electrons.